The second kappa shape index (κ2) is 8.72. The quantitative estimate of drug-likeness (QED) is 0.767. The Labute approximate surface area is 142 Å². The van der Waals surface area contributed by atoms with E-state index >= 15 is 0 Å². The minimum atomic E-state index is -0.266. The maximum Gasteiger partial charge on any atom is 0.251 e. The van der Waals surface area contributed by atoms with Crippen LogP contribution in [0.3, 0.4) is 0 Å². The van der Waals surface area contributed by atoms with Crippen LogP contribution in [-0.4, -0.2) is 31.5 Å². The summed E-state index contributed by atoms with van der Waals surface area (Å²) < 4.78 is 5.64. The van der Waals surface area contributed by atoms with Crippen molar-refractivity contribution in [1.82, 2.24) is 10.6 Å². The van der Waals surface area contributed by atoms with Crippen LogP contribution in [0.5, 0.6) is 5.75 Å². The van der Waals surface area contributed by atoms with Gasteiger partial charge in [-0.3, -0.25) is 9.59 Å². The molecular formula is C19H22N2O3. The van der Waals surface area contributed by atoms with E-state index in [4.69, 9.17) is 4.74 Å². The third-order valence-electron chi connectivity index (χ3n) is 3.46. The highest BCUT2D eigenvalue weighted by molar-refractivity contribution is 5.96. The number of aryl methyl sites for hydroxylation is 2. The fourth-order valence-corrected chi connectivity index (χ4v) is 2.23. The van der Waals surface area contributed by atoms with E-state index in [1.165, 1.54) is 5.56 Å². The first kappa shape index (κ1) is 17.5. The van der Waals surface area contributed by atoms with Gasteiger partial charge in [0.2, 0.25) is 5.91 Å². The lowest BCUT2D eigenvalue weighted by atomic mass is 10.1. The van der Waals surface area contributed by atoms with Crippen molar-refractivity contribution in [1.29, 1.82) is 0 Å². The van der Waals surface area contributed by atoms with Crippen LogP contribution in [0.1, 0.15) is 21.5 Å². The first-order valence-electron chi connectivity index (χ1n) is 7.86. The SMILES string of the molecule is Cc1ccc(OCCNC(=O)CNC(=O)c2ccccc2)c(C)c1. The fraction of sp³-hybridized carbons (Fsp3) is 0.263. The van der Waals surface area contributed by atoms with Crippen molar-refractivity contribution in [3.05, 3.63) is 65.2 Å². The van der Waals surface area contributed by atoms with E-state index in [1.54, 1.807) is 24.3 Å². The van der Waals surface area contributed by atoms with E-state index in [9.17, 15) is 9.59 Å². The summed E-state index contributed by atoms with van der Waals surface area (Å²) in [5.74, 6) is 0.299. The van der Waals surface area contributed by atoms with Crippen molar-refractivity contribution < 1.29 is 14.3 Å². The Hall–Kier alpha value is -2.82. The maximum atomic E-state index is 11.8. The molecule has 2 N–H and O–H groups in total. The van der Waals surface area contributed by atoms with E-state index in [-0.39, 0.29) is 18.4 Å². The van der Waals surface area contributed by atoms with E-state index in [0.717, 1.165) is 11.3 Å². The molecule has 0 saturated heterocycles. The highest BCUT2D eigenvalue weighted by atomic mass is 16.5. The summed E-state index contributed by atoms with van der Waals surface area (Å²) in [6.45, 7) is 4.72. The number of rotatable bonds is 7. The molecule has 2 aromatic rings. The molecule has 0 aliphatic heterocycles. The largest absolute Gasteiger partial charge is 0.491 e. The normalized spacial score (nSPS) is 10.1. The van der Waals surface area contributed by atoms with Crippen molar-refractivity contribution in [2.45, 2.75) is 13.8 Å². The molecule has 0 bridgehead atoms. The predicted molar refractivity (Wildman–Crippen MR) is 93.2 cm³/mol. The van der Waals surface area contributed by atoms with Crippen LogP contribution in [0, 0.1) is 13.8 Å². The van der Waals surface area contributed by atoms with Crippen molar-refractivity contribution in [2.24, 2.45) is 0 Å². The molecule has 0 heterocycles. The average Bonchev–Trinajstić information content (AvgIpc) is 2.59. The van der Waals surface area contributed by atoms with Gasteiger partial charge >= 0.3 is 0 Å². The highest BCUT2D eigenvalue weighted by Crippen LogP contribution is 2.18. The van der Waals surface area contributed by atoms with Gasteiger partial charge in [0, 0.05) is 5.56 Å². The van der Waals surface area contributed by atoms with Gasteiger partial charge in [0.15, 0.2) is 0 Å². The number of ether oxygens (including phenoxy) is 1. The monoisotopic (exact) mass is 326 g/mol. The Balaban J connectivity index is 1.65. The van der Waals surface area contributed by atoms with Crippen LogP contribution in [0.4, 0.5) is 0 Å². The van der Waals surface area contributed by atoms with Crippen LogP contribution in [0.2, 0.25) is 0 Å². The number of carbonyl (C=O) groups is 2. The zero-order chi connectivity index (χ0) is 17.4. The number of carbonyl (C=O) groups excluding carboxylic acids is 2. The lowest BCUT2D eigenvalue weighted by Gasteiger charge is -2.11. The Bertz CT molecular complexity index is 699. The van der Waals surface area contributed by atoms with E-state index in [0.29, 0.717) is 18.7 Å². The fourth-order valence-electron chi connectivity index (χ4n) is 2.23. The highest BCUT2D eigenvalue weighted by Gasteiger charge is 2.07. The lowest BCUT2D eigenvalue weighted by molar-refractivity contribution is -0.120. The van der Waals surface area contributed by atoms with Gasteiger partial charge in [0.05, 0.1) is 13.1 Å². The van der Waals surface area contributed by atoms with Gasteiger partial charge in [-0.2, -0.15) is 0 Å². The molecule has 2 aromatic carbocycles. The molecule has 126 valence electrons. The van der Waals surface area contributed by atoms with Gasteiger partial charge in [-0.15, -0.1) is 0 Å². The van der Waals surface area contributed by atoms with Crippen LogP contribution in [0.25, 0.3) is 0 Å². The third kappa shape index (κ3) is 5.43. The number of nitrogens with one attached hydrogen (secondary N) is 2. The second-order valence-corrected chi connectivity index (χ2v) is 5.52. The number of hydrogen-bond acceptors (Lipinski definition) is 3. The molecule has 0 fully saturated rings. The number of benzene rings is 2. The van der Waals surface area contributed by atoms with Crippen molar-refractivity contribution in [2.75, 3.05) is 19.7 Å². The summed E-state index contributed by atoms with van der Waals surface area (Å²) >= 11 is 0. The smallest absolute Gasteiger partial charge is 0.251 e. The van der Waals surface area contributed by atoms with Crippen LogP contribution in [0.15, 0.2) is 48.5 Å². The molecule has 24 heavy (non-hydrogen) atoms. The van der Waals surface area contributed by atoms with Crippen molar-refractivity contribution in [3.8, 4) is 5.75 Å². The molecule has 0 radical (unpaired) electrons. The summed E-state index contributed by atoms with van der Waals surface area (Å²) in [5, 5.41) is 5.29. The zero-order valence-corrected chi connectivity index (χ0v) is 14.0. The van der Waals surface area contributed by atoms with Crippen LogP contribution >= 0.6 is 0 Å². The first-order valence-corrected chi connectivity index (χ1v) is 7.86. The molecule has 0 unspecified atom stereocenters. The predicted octanol–water partition coefficient (Wildman–Crippen LogP) is 2.23. The van der Waals surface area contributed by atoms with Gasteiger partial charge in [0.1, 0.15) is 12.4 Å². The van der Waals surface area contributed by atoms with Crippen LogP contribution < -0.4 is 15.4 Å². The minimum Gasteiger partial charge on any atom is -0.491 e. The molecule has 0 aliphatic carbocycles. The van der Waals surface area contributed by atoms with Gasteiger partial charge in [-0.05, 0) is 37.6 Å². The lowest BCUT2D eigenvalue weighted by Crippen LogP contribution is -2.38. The Morgan fingerprint density at radius 1 is 1.00 bits per heavy atom. The molecule has 0 saturated carbocycles. The Kier molecular flexibility index (Phi) is 6.37. The second-order valence-electron chi connectivity index (χ2n) is 5.52. The number of amides is 2. The van der Waals surface area contributed by atoms with E-state index < -0.39 is 0 Å². The standard InChI is InChI=1S/C19H22N2O3/c1-14-8-9-17(15(2)12-14)24-11-10-20-18(22)13-21-19(23)16-6-4-3-5-7-16/h3-9,12H,10-11,13H2,1-2H3,(H,20,22)(H,21,23). The van der Waals surface area contributed by atoms with Gasteiger partial charge in [-0.1, -0.05) is 35.9 Å². The molecule has 2 amide bonds. The summed E-state index contributed by atoms with van der Waals surface area (Å²) in [7, 11) is 0. The topological polar surface area (TPSA) is 67.4 Å². The molecule has 5 heteroatoms. The van der Waals surface area contributed by atoms with E-state index in [2.05, 4.69) is 10.6 Å². The molecule has 0 atom stereocenters. The summed E-state index contributed by atoms with van der Waals surface area (Å²) in [4.78, 5) is 23.5. The summed E-state index contributed by atoms with van der Waals surface area (Å²) in [5.41, 5.74) is 2.78. The first-order chi connectivity index (χ1) is 11.6. The summed E-state index contributed by atoms with van der Waals surface area (Å²) in [6.07, 6.45) is 0. The molecule has 0 aromatic heterocycles. The third-order valence-corrected chi connectivity index (χ3v) is 3.46. The average molecular weight is 326 g/mol. The Morgan fingerprint density at radius 2 is 1.75 bits per heavy atom. The minimum absolute atomic E-state index is 0.0582. The molecule has 0 spiro atoms. The molecule has 2 rings (SSSR count). The van der Waals surface area contributed by atoms with E-state index in [1.807, 2.05) is 38.1 Å². The van der Waals surface area contributed by atoms with Crippen molar-refractivity contribution >= 4 is 11.8 Å². The van der Waals surface area contributed by atoms with Crippen molar-refractivity contribution in [3.63, 3.8) is 0 Å². The zero-order valence-electron chi connectivity index (χ0n) is 14.0. The van der Waals surface area contributed by atoms with Gasteiger partial charge < -0.3 is 15.4 Å². The summed E-state index contributed by atoms with van der Waals surface area (Å²) in [6, 6.07) is 14.7. The van der Waals surface area contributed by atoms with Crippen LogP contribution in [-0.2, 0) is 4.79 Å². The number of hydrogen-bond donors (Lipinski definition) is 2. The molecule has 0 aliphatic rings. The maximum absolute atomic E-state index is 11.8. The Morgan fingerprint density at radius 3 is 2.46 bits per heavy atom. The van der Waals surface area contributed by atoms with Gasteiger partial charge in [0.25, 0.3) is 5.91 Å². The van der Waals surface area contributed by atoms with Gasteiger partial charge in [-0.25, -0.2) is 0 Å². The molecular weight excluding hydrogens is 304 g/mol. The molecule has 5 nitrogen and oxygen atoms in total.